The van der Waals surface area contributed by atoms with Crippen LogP contribution in [0.2, 0.25) is 0 Å². The Labute approximate surface area is 127 Å². The molecular formula is C17H26N2S. The minimum Gasteiger partial charge on any atom is -0.313 e. The Kier molecular flexibility index (Phi) is 5.03. The van der Waals surface area contributed by atoms with E-state index in [0.717, 1.165) is 24.4 Å². The molecule has 3 atom stereocenters. The third-order valence-electron chi connectivity index (χ3n) is 4.58. The van der Waals surface area contributed by atoms with Crippen LogP contribution in [0.15, 0.2) is 24.3 Å². The molecule has 20 heavy (non-hydrogen) atoms. The first-order valence-electron chi connectivity index (χ1n) is 8.03. The van der Waals surface area contributed by atoms with Gasteiger partial charge in [0.15, 0.2) is 0 Å². The third-order valence-corrected chi connectivity index (χ3v) is 5.81. The van der Waals surface area contributed by atoms with Gasteiger partial charge in [0.25, 0.3) is 0 Å². The predicted molar refractivity (Wildman–Crippen MR) is 88.2 cm³/mol. The van der Waals surface area contributed by atoms with Crippen LogP contribution in [0.25, 0.3) is 0 Å². The fourth-order valence-corrected chi connectivity index (χ4v) is 4.74. The molecular weight excluding hydrogens is 264 g/mol. The number of nitrogens with one attached hydrogen (secondary N) is 2. The van der Waals surface area contributed by atoms with Gasteiger partial charge in [-0.3, -0.25) is 0 Å². The van der Waals surface area contributed by atoms with E-state index >= 15 is 0 Å². The van der Waals surface area contributed by atoms with Crippen molar-refractivity contribution in [3.8, 4) is 0 Å². The van der Waals surface area contributed by atoms with E-state index < -0.39 is 0 Å². The van der Waals surface area contributed by atoms with E-state index in [4.69, 9.17) is 0 Å². The standard InChI is InChI=1S/C17H26N2S/c1-2-20-15-8-7-14(11-15)19-17-9-10-18-12-13-5-3-4-6-16(13)17/h3-6,14-15,17-19H,2,7-12H2,1H3. The zero-order chi connectivity index (χ0) is 13.8. The van der Waals surface area contributed by atoms with Crippen molar-refractivity contribution in [2.24, 2.45) is 0 Å². The van der Waals surface area contributed by atoms with Gasteiger partial charge in [-0.15, -0.1) is 0 Å². The van der Waals surface area contributed by atoms with E-state index in [0.29, 0.717) is 6.04 Å². The lowest BCUT2D eigenvalue weighted by Crippen LogP contribution is -2.32. The van der Waals surface area contributed by atoms with E-state index in [1.54, 1.807) is 0 Å². The number of fused-ring (bicyclic) bond motifs is 1. The van der Waals surface area contributed by atoms with E-state index in [-0.39, 0.29) is 0 Å². The number of benzene rings is 1. The van der Waals surface area contributed by atoms with Gasteiger partial charge in [-0.1, -0.05) is 31.2 Å². The minimum atomic E-state index is 0.538. The molecule has 3 heteroatoms. The molecule has 0 radical (unpaired) electrons. The van der Waals surface area contributed by atoms with E-state index in [1.165, 1.54) is 42.6 Å². The maximum absolute atomic E-state index is 3.95. The van der Waals surface area contributed by atoms with Crippen LogP contribution in [0, 0.1) is 0 Å². The van der Waals surface area contributed by atoms with Crippen LogP contribution in [0.4, 0.5) is 0 Å². The lowest BCUT2D eigenvalue weighted by molar-refractivity contribution is 0.421. The van der Waals surface area contributed by atoms with Gasteiger partial charge in [0.05, 0.1) is 0 Å². The second-order valence-corrected chi connectivity index (χ2v) is 7.55. The Morgan fingerprint density at radius 3 is 3.05 bits per heavy atom. The molecule has 0 amide bonds. The average molecular weight is 290 g/mol. The first-order valence-corrected chi connectivity index (χ1v) is 9.08. The normalized spacial score (nSPS) is 29.9. The zero-order valence-corrected chi connectivity index (χ0v) is 13.2. The Balaban J connectivity index is 1.65. The highest BCUT2D eigenvalue weighted by Gasteiger charge is 2.27. The second-order valence-electron chi connectivity index (χ2n) is 5.97. The number of thioether (sulfide) groups is 1. The quantitative estimate of drug-likeness (QED) is 0.887. The summed E-state index contributed by atoms with van der Waals surface area (Å²) in [5, 5.41) is 8.38. The summed E-state index contributed by atoms with van der Waals surface area (Å²) in [5.41, 5.74) is 2.99. The highest BCUT2D eigenvalue weighted by atomic mass is 32.2. The van der Waals surface area contributed by atoms with Crippen molar-refractivity contribution in [3.05, 3.63) is 35.4 Å². The fourth-order valence-electron chi connectivity index (χ4n) is 3.60. The first-order chi connectivity index (χ1) is 9.86. The van der Waals surface area contributed by atoms with E-state index in [9.17, 15) is 0 Å². The highest BCUT2D eigenvalue weighted by molar-refractivity contribution is 7.99. The Hall–Kier alpha value is -0.510. The Morgan fingerprint density at radius 2 is 2.15 bits per heavy atom. The fraction of sp³-hybridized carbons (Fsp3) is 0.647. The van der Waals surface area contributed by atoms with Crippen molar-refractivity contribution in [3.63, 3.8) is 0 Å². The number of rotatable bonds is 4. The molecule has 1 aliphatic heterocycles. The van der Waals surface area contributed by atoms with Crippen molar-refractivity contribution in [2.45, 2.75) is 56.5 Å². The molecule has 0 bridgehead atoms. The molecule has 1 heterocycles. The van der Waals surface area contributed by atoms with Gasteiger partial charge in [-0.25, -0.2) is 0 Å². The van der Waals surface area contributed by atoms with Crippen LogP contribution < -0.4 is 10.6 Å². The number of hydrogen-bond donors (Lipinski definition) is 2. The Bertz CT molecular complexity index is 435. The minimum absolute atomic E-state index is 0.538. The van der Waals surface area contributed by atoms with Gasteiger partial charge in [0, 0.05) is 23.9 Å². The number of hydrogen-bond acceptors (Lipinski definition) is 3. The molecule has 0 saturated heterocycles. The van der Waals surface area contributed by atoms with Gasteiger partial charge in [-0.2, -0.15) is 11.8 Å². The summed E-state index contributed by atoms with van der Waals surface area (Å²) < 4.78 is 0. The summed E-state index contributed by atoms with van der Waals surface area (Å²) in [4.78, 5) is 0. The molecule has 2 aliphatic rings. The highest BCUT2D eigenvalue weighted by Crippen LogP contribution is 2.32. The summed E-state index contributed by atoms with van der Waals surface area (Å²) in [6.07, 6.45) is 5.30. The summed E-state index contributed by atoms with van der Waals surface area (Å²) >= 11 is 2.14. The van der Waals surface area contributed by atoms with Gasteiger partial charge in [-0.05, 0) is 49.1 Å². The lowest BCUT2D eigenvalue weighted by atomic mass is 9.98. The van der Waals surface area contributed by atoms with Crippen molar-refractivity contribution < 1.29 is 0 Å². The van der Waals surface area contributed by atoms with Crippen molar-refractivity contribution in [1.29, 1.82) is 0 Å². The van der Waals surface area contributed by atoms with Crippen molar-refractivity contribution in [2.75, 3.05) is 12.3 Å². The van der Waals surface area contributed by atoms with Gasteiger partial charge in [0.1, 0.15) is 0 Å². The molecule has 0 aromatic heterocycles. The second kappa shape index (κ2) is 6.97. The molecule has 1 saturated carbocycles. The molecule has 0 spiro atoms. The molecule has 1 fully saturated rings. The molecule has 1 aromatic carbocycles. The van der Waals surface area contributed by atoms with Crippen LogP contribution >= 0.6 is 11.8 Å². The van der Waals surface area contributed by atoms with Crippen LogP contribution in [-0.4, -0.2) is 23.6 Å². The average Bonchev–Trinajstić information content (AvgIpc) is 2.80. The first kappa shape index (κ1) is 14.4. The summed E-state index contributed by atoms with van der Waals surface area (Å²) in [6, 6.07) is 10.2. The SMILES string of the molecule is CCSC1CCC(NC2CCNCc3ccccc32)C1. The maximum atomic E-state index is 3.95. The summed E-state index contributed by atoms with van der Waals surface area (Å²) in [6.45, 7) is 4.41. The summed E-state index contributed by atoms with van der Waals surface area (Å²) in [7, 11) is 0. The van der Waals surface area contributed by atoms with Crippen LogP contribution in [0.1, 0.15) is 49.8 Å². The maximum Gasteiger partial charge on any atom is 0.0337 e. The van der Waals surface area contributed by atoms with E-state index in [2.05, 4.69) is 53.6 Å². The molecule has 3 rings (SSSR count). The van der Waals surface area contributed by atoms with Crippen molar-refractivity contribution in [1.82, 2.24) is 10.6 Å². The van der Waals surface area contributed by atoms with Crippen LogP contribution in [0.3, 0.4) is 0 Å². The monoisotopic (exact) mass is 290 g/mol. The lowest BCUT2D eigenvalue weighted by Gasteiger charge is -2.23. The smallest absolute Gasteiger partial charge is 0.0337 e. The molecule has 3 unspecified atom stereocenters. The predicted octanol–water partition coefficient (Wildman–Crippen LogP) is 3.48. The van der Waals surface area contributed by atoms with Gasteiger partial charge >= 0.3 is 0 Å². The molecule has 1 aliphatic carbocycles. The van der Waals surface area contributed by atoms with Gasteiger partial charge < -0.3 is 10.6 Å². The zero-order valence-electron chi connectivity index (χ0n) is 12.4. The molecule has 2 N–H and O–H groups in total. The Morgan fingerprint density at radius 1 is 1.25 bits per heavy atom. The molecule has 110 valence electrons. The third kappa shape index (κ3) is 3.38. The van der Waals surface area contributed by atoms with Crippen LogP contribution in [-0.2, 0) is 6.54 Å². The topological polar surface area (TPSA) is 24.1 Å². The van der Waals surface area contributed by atoms with Crippen molar-refractivity contribution >= 4 is 11.8 Å². The largest absolute Gasteiger partial charge is 0.313 e. The molecule has 2 nitrogen and oxygen atoms in total. The molecule has 1 aromatic rings. The van der Waals surface area contributed by atoms with Crippen LogP contribution in [0.5, 0.6) is 0 Å². The summed E-state index contributed by atoms with van der Waals surface area (Å²) in [5.74, 6) is 1.26. The van der Waals surface area contributed by atoms with Gasteiger partial charge in [0.2, 0.25) is 0 Å². The van der Waals surface area contributed by atoms with E-state index in [1.807, 2.05) is 0 Å².